The van der Waals surface area contributed by atoms with Crippen LogP contribution in [0, 0.1) is 13.8 Å². The Morgan fingerprint density at radius 3 is 2.22 bits per heavy atom. The average molecular weight is 480 g/mol. The van der Waals surface area contributed by atoms with Gasteiger partial charge in [0.1, 0.15) is 0 Å². The second-order valence-corrected chi connectivity index (χ2v) is 16.6. The van der Waals surface area contributed by atoms with E-state index in [0.717, 1.165) is 19.3 Å². The molecule has 0 fully saturated rings. The van der Waals surface area contributed by atoms with E-state index in [4.69, 9.17) is 17.0 Å². The molecule has 2 aromatic carbocycles. The zero-order valence-corrected chi connectivity index (χ0v) is 20.8. The Balaban J connectivity index is 2.22. The first-order chi connectivity index (χ1) is 13.0. The van der Waals surface area contributed by atoms with Crippen LogP contribution in [-0.2, 0) is 25.8 Å². The molecule has 0 radical (unpaired) electrons. The van der Waals surface area contributed by atoms with Gasteiger partial charge in [0.25, 0.3) is 0 Å². The first kappa shape index (κ1) is 21.4. The molecule has 0 saturated heterocycles. The van der Waals surface area contributed by atoms with Crippen molar-refractivity contribution in [1.29, 1.82) is 0 Å². The maximum atomic E-state index is 6.66. The van der Waals surface area contributed by atoms with Gasteiger partial charge in [0.05, 0.1) is 0 Å². The molecule has 3 heteroatoms. The van der Waals surface area contributed by atoms with Gasteiger partial charge >= 0.3 is 181 Å². The van der Waals surface area contributed by atoms with E-state index in [1.807, 2.05) is 0 Å². The van der Waals surface area contributed by atoms with Gasteiger partial charge < -0.3 is 0 Å². The summed E-state index contributed by atoms with van der Waals surface area (Å²) in [5.74, 6) is 0. The van der Waals surface area contributed by atoms with E-state index in [9.17, 15) is 0 Å². The summed E-state index contributed by atoms with van der Waals surface area (Å²) in [5, 5.41) is 0. The van der Waals surface area contributed by atoms with Crippen LogP contribution in [0.2, 0.25) is 0 Å². The Bertz CT molecular complexity index is 831. The summed E-state index contributed by atoms with van der Waals surface area (Å²) >= 11 is -2.45. The van der Waals surface area contributed by atoms with Crippen molar-refractivity contribution >= 4 is 23.1 Å². The number of fused-ring (bicyclic) bond motifs is 1. The van der Waals surface area contributed by atoms with Gasteiger partial charge in [-0.05, 0) is 0 Å². The van der Waals surface area contributed by atoms with Crippen LogP contribution >= 0.6 is 17.0 Å². The Hall–Kier alpha value is -0.357. The summed E-state index contributed by atoms with van der Waals surface area (Å²) in [6, 6.07) is 11.6. The third kappa shape index (κ3) is 4.63. The van der Waals surface area contributed by atoms with Gasteiger partial charge in [-0.25, -0.2) is 0 Å². The molecule has 0 aromatic heterocycles. The molecule has 2 aromatic rings. The molecule has 1 aliphatic carbocycles. The summed E-state index contributed by atoms with van der Waals surface area (Å²) < 4.78 is 0.317. The summed E-state index contributed by atoms with van der Waals surface area (Å²) in [6.07, 6.45) is 8.22. The topological polar surface area (TPSA) is 0 Å². The molecule has 0 saturated carbocycles. The van der Waals surface area contributed by atoms with Crippen LogP contribution in [0.5, 0.6) is 0 Å². The summed E-state index contributed by atoms with van der Waals surface area (Å²) in [7, 11) is 13.3. The van der Waals surface area contributed by atoms with Crippen molar-refractivity contribution in [1.82, 2.24) is 0 Å². The van der Waals surface area contributed by atoms with Gasteiger partial charge in [0, 0.05) is 0 Å². The molecule has 0 bridgehead atoms. The molecule has 0 N–H and O–H groups in total. The molecular weight excluding hydrogens is 450 g/mol. The van der Waals surface area contributed by atoms with Crippen LogP contribution in [0.1, 0.15) is 71.0 Å². The van der Waals surface area contributed by atoms with E-state index in [-0.39, 0.29) is 0 Å². The molecule has 0 aliphatic heterocycles. The van der Waals surface area contributed by atoms with E-state index >= 15 is 0 Å². The van der Waals surface area contributed by atoms with E-state index in [1.165, 1.54) is 57.4 Å². The summed E-state index contributed by atoms with van der Waals surface area (Å²) in [6.45, 7) is 8.88. The maximum absolute atomic E-state index is 6.66. The third-order valence-electron chi connectivity index (χ3n) is 5.44. The first-order valence-electron chi connectivity index (χ1n) is 10.1. The summed E-state index contributed by atoms with van der Waals surface area (Å²) in [4.78, 5) is 0. The SMILES string of the molecule is CCCCC1=Cc2c(ccc(CCC)c2-c2cc(C)cc(C)c2)[CH]1[Zr]([Cl])[Cl]. The van der Waals surface area contributed by atoms with Gasteiger partial charge in [-0.1, -0.05) is 0 Å². The Kier molecular flexibility index (Phi) is 7.46. The van der Waals surface area contributed by atoms with E-state index in [2.05, 4.69) is 64.1 Å². The van der Waals surface area contributed by atoms with E-state index < -0.39 is 19.4 Å². The average Bonchev–Trinajstić information content (AvgIpc) is 2.97. The molecule has 0 amide bonds. The van der Waals surface area contributed by atoms with Crippen LogP contribution in [0.3, 0.4) is 0 Å². The monoisotopic (exact) mass is 477 g/mol. The van der Waals surface area contributed by atoms with Crippen molar-refractivity contribution < 1.29 is 19.4 Å². The fourth-order valence-electron chi connectivity index (χ4n) is 4.35. The quantitative estimate of drug-likeness (QED) is 0.374. The predicted octanol–water partition coefficient (Wildman–Crippen LogP) is 8.48. The van der Waals surface area contributed by atoms with Crippen LogP contribution in [0.4, 0.5) is 0 Å². The fraction of sp³-hybridized carbons (Fsp3) is 0.417. The second-order valence-electron chi connectivity index (χ2n) is 7.77. The van der Waals surface area contributed by atoms with Crippen molar-refractivity contribution in [3.63, 3.8) is 0 Å². The number of halogens is 2. The minimum absolute atomic E-state index is 0.317. The Morgan fingerprint density at radius 1 is 0.926 bits per heavy atom. The van der Waals surface area contributed by atoms with E-state index in [0.29, 0.717) is 3.63 Å². The van der Waals surface area contributed by atoms with Gasteiger partial charge in [0.2, 0.25) is 0 Å². The standard InChI is InChI=1S/C24H29.2ClH.Zr/c1-5-7-9-19-15-21-11-10-20(8-6-2)24(23(21)16-19)22-13-17(3)12-18(4)14-22;;;/h10-16H,5-9H2,1-4H3;2*1H;/q;;;+2/p-2. The molecule has 0 nitrogen and oxygen atoms in total. The number of benzene rings is 2. The molecule has 0 heterocycles. The molecule has 3 rings (SSSR count). The Morgan fingerprint density at radius 2 is 1.63 bits per heavy atom. The number of rotatable bonds is 7. The van der Waals surface area contributed by atoms with Crippen molar-refractivity contribution in [3.05, 3.63) is 63.7 Å². The van der Waals surface area contributed by atoms with Crippen molar-refractivity contribution in [2.24, 2.45) is 0 Å². The molecular formula is C24H29Cl2Zr. The molecule has 27 heavy (non-hydrogen) atoms. The van der Waals surface area contributed by atoms with Crippen molar-refractivity contribution in [2.45, 2.75) is 63.4 Å². The molecule has 1 aliphatic rings. The number of allylic oxidation sites excluding steroid dienone is 1. The normalized spacial score (nSPS) is 15.6. The molecule has 143 valence electrons. The van der Waals surface area contributed by atoms with E-state index in [1.54, 1.807) is 0 Å². The molecule has 0 spiro atoms. The zero-order valence-electron chi connectivity index (χ0n) is 16.8. The van der Waals surface area contributed by atoms with Crippen LogP contribution in [0.25, 0.3) is 17.2 Å². The number of aryl methyl sites for hydroxylation is 3. The van der Waals surface area contributed by atoms with Gasteiger partial charge in [-0.3, -0.25) is 0 Å². The predicted molar refractivity (Wildman–Crippen MR) is 117 cm³/mol. The van der Waals surface area contributed by atoms with Crippen LogP contribution in [0.15, 0.2) is 35.9 Å². The first-order valence-corrected chi connectivity index (χ1v) is 17.8. The van der Waals surface area contributed by atoms with Crippen LogP contribution < -0.4 is 0 Å². The van der Waals surface area contributed by atoms with Gasteiger partial charge in [-0.2, -0.15) is 0 Å². The summed E-state index contributed by atoms with van der Waals surface area (Å²) in [5.41, 5.74) is 11.1. The Labute approximate surface area is 179 Å². The molecule has 1 unspecified atom stereocenters. The minimum atomic E-state index is -2.45. The van der Waals surface area contributed by atoms with Crippen molar-refractivity contribution in [3.8, 4) is 11.1 Å². The second kappa shape index (κ2) is 9.43. The van der Waals surface area contributed by atoms with Gasteiger partial charge in [0.15, 0.2) is 0 Å². The van der Waals surface area contributed by atoms with Crippen LogP contribution in [-0.4, -0.2) is 0 Å². The zero-order chi connectivity index (χ0) is 19.6. The number of unbranched alkanes of at least 4 members (excludes halogenated alkanes) is 1. The number of hydrogen-bond acceptors (Lipinski definition) is 0. The third-order valence-corrected chi connectivity index (χ3v) is 10.8. The number of hydrogen-bond donors (Lipinski definition) is 0. The molecule has 1 atom stereocenters. The fourth-order valence-corrected chi connectivity index (χ4v) is 9.84. The van der Waals surface area contributed by atoms with Gasteiger partial charge in [-0.15, -0.1) is 0 Å². The van der Waals surface area contributed by atoms with Crippen molar-refractivity contribution in [2.75, 3.05) is 0 Å².